The van der Waals surface area contributed by atoms with Crippen LogP contribution in [0, 0.1) is 11.8 Å². The Morgan fingerprint density at radius 2 is 1.78 bits per heavy atom. The van der Waals surface area contributed by atoms with Crippen LogP contribution >= 0.6 is 0 Å². The van der Waals surface area contributed by atoms with Crippen molar-refractivity contribution in [2.45, 2.75) is 27.2 Å². The van der Waals surface area contributed by atoms with Crippen LogP contribution in [0.5, 0.6) is 0 Å². The molecular weight excluding hydrogens is 116 g/mol. The van der Waals surface area contributed by atoms with Gasteiger partial charge in [-0.3, -0.25) is 0 Å². The molecule has 0 N–H and O–H groups in total. The van der Waals surface area contributed by atoms with Gasteiger partial charge in [-0.2, -0.15) is 0 Å². The number of carbonyl (C=O) groups excluding carboxylic acids is 1. The number of hydrogen-bond acceptors (Lipinski definition) is 1. The molecule has 0 aromatic carbocycles. The molecule has 0 spiro atoms. The van der Waals surface area contributed by atoms with E-state index in [9.17, 15) is 9.90 Å². The molecule has 0 aliphatic carbocycles. The second-order valence-electron chi connectivity index (χ2n) is 2.85. The highest BCUT2D eigenvalue weighted by Crippen LogP contribution is 2.10. The molecule has 0 aliphatic rings. The van der Waals surface area contributed by atoms with Gasteiger partial charge in [-0.05, 0) is 12.3 Å². The van der Waals surface area contributed by atoms with Gasteiger partial charge < -0.3 is 0 Å². The molecule has 1 unspecified atom stereocenters. The molecule has 0 amide bonds. The van der Waals surface area contributed by atoms with Crippen LogP contribution in [0.4, 0.5) is 0 Å². The Morgan fingerprint density at radius 1 is 1.33 bits per heavy atom. The van der Waals surface area contributed by atoms with Gasteiger partial charge in [-0.15, -0.1) is 0 Å². The predicted molar refractivity (Wildman–Crippen MR) is 34.3 cm³/mol. The van der Waals surface area contributed by atoms with Gasteiger partial charge in [0.05, 0.1) is 5.92 Å². The van der Waals surface area contributed by atoms with Crippen LogP contribution in [-0.4, -0.2) is 5.97 Å². The standard InChI is InChI=1S/C7H13O2/c1-5(2)4-6(3)7(8)9/h5-6H,4H2,1-3H3. The Kier molecular flexibility index (Phi) is 3.28. The monoisotopic (exact) mass is 129 g/mol. The number of carbonyl (C=O) groups is 1. The van der Waals surface area contributed by atoms with E-state index in [1.54, 1.807) is 6.92 Å². The van der Waals surface area contributed by atoms with Crippen LogP contribution in [-0.2, 0) is 9.90 Å². The molecular formula is C7H13O2. The molecule has 1 radical (unpaired) electrons. The van der Waals surface area contributed by atoms with E-state index in [1.165, 1.54) is 0 Å². The highest BCUT2D eigenvalue weighted by molar-refractivity contribution is 5.68. The van der Waals surface area contributed by atoms with Crippen molar-refractivity contribution < 1.29 is 9.90 Å². The molecule has 0 bridgehead atoms. The van der Waals surface area contributed by atoms with Gasteiger partial charge in [0.15, 0.2) is 0 Å². The Labute approximate surface area is 55.9 Å². The van der Waals surface area contributed by atoms with Crippen LogP contribution < -0.4 is 0 Å². The molecule has 0 aliphatic heterocycles. The Hall–Kier alpha value is -0.530. The summed E-state index contributed by atoms with van der Waals surface area (Å²) in [6, 6.07) is 0. The summed E-state index contributed by atoms with van der Waals surface area (Å²) in [6.45, 7) is 5.67. The van der Waals surface area contributed by atoms with E-state index >= 15 is 0 Å². The first-order valence-electron chi connectivity index (χ1n) is 3.25. The van der Waals surface area contributed by atoms with Crippen molar-refractivity contribution in [1.29, 1.82) is 0 Å². The maximum atomic E-state index is 10.1. The summed E-state index contributed by atoms with van der Waals surface area (Å²) in [6.07, 6.45) is 0.711. The molecule has 0 heterocycles. The van der Waals surface area contributed by atoms with E-state index in [4.69, 9.17) is 0 Å². The van der Waals surface area contributed by atoms with Crippen LogP contribution in [0.2, 0.25) is 0 Å². The van der Waals surface area contributed by atoms with Gasteiger partial charge in [0.25, 0.3) is 0 Å². The third kappa shape index (κ3) is 4.01. The second kappa shape index (κ2) is 3.49. The van der Waals surface area contributed by atoms with Crippen molar-refractivity contribution >= 4 is 5.97 Å². The van der Waals surface area contributed by atoms with Crippen molar-refractivity contribution in [3.63, 3.8) is 0 Å². The summed E-state index contributed by atoms with van der Waals surface area (Å²) in [5, 5.41) is 10.1. The van der Waals surface area contributed by atoms with Crippen LogP contribution in [0.3, 0.4) is 0 Å². The van der Waals surface area contributed by atoms with E-state index in [-0.39, 0.29) is 5.92 Å². The third-order valence-electron chi connectivity index (χ3n) is 1.23. The Morgan fingerprint density at radius 3 is 1.89 bits per heavy atom. The summed E-state index contributed by atoms with van der Waals surface area (Å²) < 4.78 is 0. The smallest absolute Gasteiger partial charge is 0.247 e. The van der Waals surface area contributed by atoms with Crippen LogP contribution in [0.25, 0.3) is 0 Å². The zero-order chi connectivity index (χ0) is 7.44. The second-order valence-corrected chi connectivity index (χ2v) is 2.85. The highest BCUT2D eigenvalue weighted by atomic mass is 16.4. The molecule has 1 atom stereocenters. The minimum atomic E-state index is -0.941. The molecule has 2 heteroatoms. The summed E-state index contributed by atoms with van der Waals surface area (Å²) >= 11 is 0. The summed E-state index contributed by atoms with van der Waals surface area (Å²) in [4.78, 5) is 10.1. The quantitative estimate of drug-likeness (QED) is 0.570. The van der Waals surface area contributed by atoms with Crippen molar-refractivity contribution in [3.8, 4) is 0 Å². The van der Waals surface area contributed by atoms with E-state index in [1.807, 2.05) is 13.8 Å². The van der Waals surface area contributed by atoms with Gasteiger partial charge in [0.1, 0.15) is 0 Å². The lowest BCUT2D eigenvalue weighted by molar-refractivity contribution is -0.147. The van der Waals surface area contributed by atoms with E-state index in [0.29, 0.717) is 12.3 Å². The largest absolute Gasteiger partial charge is 0.358 e. The van der Waals surface area contributed by atoms with E-state index in [2.05, 4.69) is 0 Å². The van der Waals surface area contributed by atoms with Gasteiger partial charge in [-0.1, -0.05) is 20.8 Å². The average Bonchev–Trinajstić information content (AvgIpc) is 1.63. The zero-order valence-corrected chi connectivity index (χ0v) is 6.18. The van der Waals surface area contributed by atoms with Gasteiger partial charge in [-0.25, -0.2) is 9.90 Å². The molecule has 2 nitrogen and oxygen atoms in total. The van der Waals surface area contributed by atoms with E-state index in [0.717, 1.165) is 0 Å². The molecule has 0 saturated heterocycles. The number of rotatable bonds is 3. The van der Waals surface area contributed by atoms with Crippen LogP contribution in [0.15, 0.2) is 0 Å². The maximum Gasteiger partial charge on any atom is 0.358 e. The molecule has 0 saturated carbocycles. The fourth-order valence-electron chi connectivity index (χ4n) is 0.803. The lowest BCUT2D eigenvalue weighted by Gasteiger charge is -2.05. The van der Waals surface area contributed by atoms with Gasteiger partial charge in [0, 0.05) is 0 Å². The normalized spacial score (nSPS) is 13.8. The lowest BCUT2D eigenvalue weighted by Crippen LogP contribution is -2.10. The predicted octanol–water partition coefficient (Wildman–Crippen LogP) is 1.63. The molecule has 0 aromatic heterocycles. The first-order valence-corrected chi connectivity index (χ1v) is 3.25. The van der Waals surface area contributed by atoms with Crippen LogP contribution in [0.1, 0.15) is 27.2 Å². The van der Waals surface area contributed by atoms with Crippen molar-refractivity contribution in [3.05, 3.63) is 0 Å². The Balaban J connectivity index is 3.50. The highest BCUT2D eigenvalue weighted by Gasteiger charge is 2.13. The van der Waals surface area contributed by atoms with Crippen molar-refractivity contribution in [2.75, 3.05) is 0 Å². The molecule has 9 heavy (non-hydrogen) atoms. The summed E-state index contributed by atoms with van der Waals surface area (Å²) in [5.41, 5.74) is 0. The first-order chi connectivity index (χ1) is 4.04. The fraction of sp³-hybridized carbons (Fsp3) is 0.857. The zero-order valence-electron chi connectivity index (χ0n) is 6.18. The van der Waals surface area contributed by atoms with Gasteiger partial charge in [0.2, 0.25) is 0 Å². The fourth-order valence-corrected chi connectivity index (χ4v) is 0.803. The minimum absolute atomic E-state index is 0.301. The van der Waals surface area contributed by atoms with Gasteiger partial charge >= 0.3 is 5.97 Å². The topological polar surface area (TPSA) is 37.0 Å². The van der Waals surface area contributed by atoms with E-state index < -0.39 is 5.97 Å². The molecule has 53 valence electrons. The molecule has 0 fully saturated rings. The third-order valence-corrected chi connectivity index (χ3v) is 1.23. The number of hydrogen-bond donors (Lipinski definition) is 0. The summed E-state index contributed by atoms with van der Waals surface area (Å²) in [5.74, 6) is -0.799. The minimum Gasteiger partial charge on any atom is -0.247 e. The lowest BCUT2D eigenvalue weighted by atomic mass is 9.99. The Bertz CT molecular complexity index is 97.1. The SMILES string of the molecule is CC(C)CC(C)C([O])=O. The first kappa shape index (κ1) is 8.47. The van der Waals surface area contributed by atoms with Crippen molar-refractivity contribution in [2.24, 2.45) is 11.8 Å². The summed E-state index contributed by atoms with van der Waals surface area (Å²) in [7, 11) is 0. The molecule has 0 aromatic rings. The average molecular weight is 129 g/mol. The van der Waals surface area contributed by atoms with Crippen molar-refractivity contribution in [1.82, 2.24) is 0 Å². The molecule has 0 rings (SSSR count). The maximum absolute atomic E-state index is 10.1.